The third-order valence-corrected chi connectivity index (χ3v) is 14.0. The highest BCUT2D eigenvalue weighted by Crippen LogP contribution is 2.61. The first-order valence-electron chi connectivity index (χ1n) is 22.4. The first-order valence-corrected chi connectivity index (χ1v) is 22.4. The van der Waals surface area contributed by atoms with Gasteiger partial charge in [-0.1, -0.05) is 123 Å². The van der Waals surface area contributed by atoms with Crippen molar-refractivity contribution in [3.8, 4) is 39.4 Å². The van der Waals surface area contributed by atoms with Crippen LogP contribution in [0.15, 0.2) is 140 Å². The Hall–Kier alpha value is -6.24. The summed E-state index contributed by atoms with van der Waals surface area (Å²) in [7, 11) is 0. The Bertz CT molecular complexity index is 2710. The van der Waals surface area contributed by atoms with Gasteiger partial charge in [0, 0.05) is 70.6 Å². The molecule has 0 bridgehead atoms. The molecule has 1 aliphatic carbocycles. The number of nitrogens with zero attached hydrogens (tertiary/aromatic N) is 4. The van der Waals surface area contributed by atoms with E-state index in [1.807, 2.05) is 12.1 Å². The van der Waals surface area contributed by atoms with Crippen molar-refractivity contribution in [2.75, 3.05) is 49.2 Å². The maximum absolute atomic E-state index is 7.84. The van der Waals surface area contributed by atoms with E-state index in [-0.39, 0.29) is 5.41 Å². The molecule has 11 rings (SSSR count). The molecule has 304 valence electrons. The molecule has 4 aliphatic rings. The summed E-state index contributed by atoms with van der Waals surface area (Å²) < 4.78 is 13.5. The van der Waals surface area contributed by atoms with Crippen molar-refractivity contribution in [2.24, 2.45) is 0 Å². The smallest absolute Gasteiger partial charge is 0.212 e. The lowest BCUT2D eigenvalue weighted by atomic mass is 9.71. The zero-order valence-corrected chi connectivity index (χ0v) is 35.2. The fourth-order valence-corrected chi connectivity index (χ4v) is 10.8. The molecule has 0 spiro atoms. The van der Waals surface area contributed by atoms with Gasteiger partial charge in [-0.15, -0.1) is 0 Å². The van der Waals surface area contributed by atoms with Crippen molar-refractivity contribution < 1.29 is 9.47 Å². The standard InChI is InChI=1S/C55H52N4O2/c1-3-54(4-2)47-36-42(58-30-14-7-15-31-58)26-27-45(47)50-43-20-12-13-21-44(43)52-46(51(50)54)28-29-55(61-52,40-22-24-41(25-23-40)59-32-34-60-35-33-59)53-56-48(38-16-8-5-9-17-38)37-49(57-53)39-18-10-6-11-19-39/h5-6,8-13,16-29,36-37H,3-4,7,14-15,30-35H2,1-2H3. The number of rotatable bonds is 8. The first-order chi connectivity index (χ1) is 30.1. The van der Waals surface area contributed by atoms with Crippen LogP contribution in [0.2, 0.25) is 0 Å². The third kappa shape index (κ3) is 6.17. The van der Waals surface area contributed by atoms with Crippen molar-refractivity contribution in [3.63, 3.8) is 0 Å². The lowest BCUT2D eigenvalue weighted by Crippen LogP contribution is -2.38. The first kappa shape index (κ1) is 37.7. The number of hydrogen-bond donors (Lipinski definition) is 0. The molecule has 6 aromatic carbocycles. The van der Waals surface area contributed by atoms with Gasteiger partial charge in [-0.05, 0) is 96.2 Å². The van der Waals surface area contributed by atoms with Gasteiger partial charge < -0.3 is 19.3 Å². The number of benzene rings is 6. The summed E-state index contributed by atoms with van der Waals surface area (Å²) in [5, 5.41) is 2.33. The van der Waals surface area contributed by atoms with Crippen LogP contribution in [0.1, 0.15) is 74.0 Å². The summed E-state index contributed by atoms with van der Waals surface area (Å²) in [5.74, 6) is 1.49. The minimum absolute atomic E-state index is 0.178. The van der Waals surface area contributed by atoms with E-state index < -0.39 is 5.60 Å². The van der Waals surface area contributed by atoms with Gasteiger partial charge in [0.2, 0.25) is 5.60 Å². The van der Waals surface area contributed by atoms with E-state index in [1.165, 1.54) is 58.3 Å². The molecular weight excluding hydrogens is 749 g/mol. The van der Waals surface area contributed by atoms with Crippen LogP contribution in [0.3, 0.4) is 0 Å². The molecule has 0 N–H and O–H groups in total. The number of morpholine rings is 1. The second-order valence-electron chi connectivity index (χ2n) is 17.1. The lowest BCUT2D eigenvalue weighted by Gasteiger charge is -2.38. The molecule has 4 heterocycles. The summed E-state index contributed by atoms with van der Waals surface area (Å²) in [5.41, 5.74) is 12.6. The Balaban J connectivity index is 1.15. The highest BCUT2D eigenvalue weighted by Gasteiger charge is 2.48. The molecule has 7 aromatic rings. The summed E-state index contributed by atoms with van der Waals surface area (Å²) in [4.78, 5) is 15.9. The zero-order chi connectivity index (χ0) is 41.0. The van der Waals surface area contributed by atoms with Gasteiger partial charge in [-0.25, -0.2) is 9.97 Å². The molecule has 1 atom stereocenters. The third-order valence-electron chi connectivity index (χ3n) is 14.0. The van der Waals surface area contributed by atoms with Crippen LogP contribution in [-0.4, -0.2) is 49.4 Å². The van der Waals surface area contributed by atoms with Crippen LogP contribution in [0.4, 0.5) is 11.4 Å². The van der Waals surface area contributed by atoms with E-state index >= 15 is 0 Å². The molecule has 6 nitrogen and oxygen atoms in total. The highest BCUT2D eigenvalue weighted by molar-refractivity contribution is 6.08. The number of piperidine rings is 1. The van der Waals surface area contributed by atoms with Crippen LogP contribution < -0.4 is 14.5 Å². The van der Waals surface area contributed by atoms with E-state index in [4.69, 9.17) is 19.4 Å². The zero-order valence-electron chi connectivity index (χ0n) is 35.2. The normalized spacial score (nSPS) is 19.0. The van der Waals surface area contributed by atoms with E-state index in [9.17, 15) is 0 Å². The molecule has 2 saturated heterocycles. The number of ether oxygens (including phenoxy) is 2. The quantitative estimate of drug-likeness (QED) is 0.153. The molecule has 0 radical (unpaired) electrons. The van der Waals surface area contributed by atoms with Crippen LogP contribution in [0.25, 0.3) is 50.5 Å². The summed E-state index contributed by atoms with van der Waals surface area (Å²) >= 11 is 0. The fourth-order valence-electron chi connectivity index (χ4n) is 10.8. The molecule has 6 heteroatoms. The van der Waals surface area contributed by atoms with Gasteiger partial charge in [0.25, 0.3) is 0 Å². The predicted molar refractivity (Wildman–Crippen MR) is 250 cm³/mol. The molecule has 0 saturated carbocycles. The Labute approximate surface area is 359 Å². The second-order valence-corrected chi connectivity index (χ2v) is 17.1. The van der Waals surface area contributed by atoms with E-state index in [0.717, 1.165) is 97.0 Å². The average Bonchev–Trinajstić information content (AvgIpc) is 3.65. The Morgan fingerprint density at radius 1 is 0.607 bits per heavy atom. The van der Waals surface area contributed by atoms with Gasteiger partial charge in [0.15, 0.2) is 5.82 Å². The largest absolute Gasteiger partial charge is 0.469 e. The number of fused-ring (bicyclic) bond motifs is 8. The van der Waals surface area contributed by atoms with Crippen molar-refractivity contribution in [1.29, 1.82) is 0 Å². The topological polar surface area (TPSA) is 50.7 Å². The molecule has 0 amide bonds. The summed E-state index contributed by atoms with van der Waals surface area (Å²) in [6.07, 6.45) is 10.4. The van der Waals surface area contributed by atoms with Crippen molar-refractivity contribution >= 4 is 28.2 Å². The number of hydrogen-bond acceptors (Lipinski definition) is 6. The molecule has 2 fully saturated rings. The maximum atomic E-state index is 7.84. The minimum atomic E-state index is -1.14. The van der Waals surface area contributed by atoms with Crippen LogP contribution >= 0.6 is 0 Å². The molecule has 61 heavy (non-hydrogen) atoms. The van der Waals surface area contributed by atoms with Gasteiger partial charge in [-0.2, -0.15) is 0 Å². The predicted octanol–water partition coefficient (Wildman–Crippen LogP) is 12.2. The van der Waals surface area contributed by atoms with E-state index in [1.54, 1.807) is 0 Å². The number of aromatic nitrogens is 2. The van der Waals surface area contributed by atoms with Crippen LogP contribution in [0.5, 0.6) is 5.75 Å². The Kier molecular flexibility index (Phi) is 9.49. The number of anilines is 2. The fraction of sp³-hybridized carbons (Fsp3) is 0.273. The van der Waals surface area contributed by atoms with Gasteiger partial charge in [-0.3, -0.25) is 0 Å². The van der Waals surface area contributed by atoms with Crippen LogP contribution in [-0.2, 0) is 15.8 Å². The van der Waals surface area contributed by atoms with E-state index in [0.29, 0.717) is 5.82 Å². The monoisotopic (exact) mass is 800 g/mol. The minimum Gasteiger partial charge on any atom is -0.469 e. The van der Waals surface area contributed by atoms with Gasteiger partial charge in [0.05, 0.1) is 24.6 Å². The van der Waals surface area contributed by atoms with Crippen molar-refractivity contribution in [1.82, 2.24) is 9.97 Å². The van der Waals surface area contributed by atoms with Crippen molar-refractivity contribution in [2.45, 2.75) is 57.0 Å². The van der Waals surface area contributed by atoms with Gasteiger partial charge >= 0.3 is 0 Å². The Morgan fingerprint density at radius 3 is 1.87 bits per heavy atom. The molecular formula is C55H52N4O2. The molecule has 1 unspecified atom stereocenters. The van der Waals surface area contributed by atoms with E-state index in [2.05, 4.69) is 157 Å². The van der Waals surface area contributed by atoms with Crippen molar-refractivity contribution in [3.05, 3.63) is 168 Å². The second kappa shape index (κ2) is 15.3. The highest BCUT2D eigenvalue weighted by atomic mass is 16.5. The van der Waals surface area contributed by atoms with Crippen LogP contribution in [0, 0.1) is 0 Å². The van der Waals surface area contributed by atoms with Gasteiger partial charge in [0.1, 0.15) is 5.75 Å². The summed E-state index contributed by atoms with van der Waals surface area (Å²) in [6.45, 7) is 10.2. The molecule has 3 aliphatic heterocycles. The Morgan fingerprint density at radius 2 is 1.21 bits per heavy atom. The lowest BCUT2D eigenvalue weighted by molar-refractivity contribution is 0.122. The molecule has 1 aromatic heterocycles. The summed E-state index contributed by atoms with van der Waals surface area (Å²) in [6, 6.07) is 48.1. The maximum Gasteiger partial charge on any atom is 0.212 e. The average molecular weight is 801 g/mol. The SMILES string of the molecule is CCC1(CC)c2cc(N3CCCCC3)ccc2-c2c1c1c(c3ccccc23)OC(c2ccc(N3CCOCC3)cc2)(c2nc(-c3ccccc3)cc(-c3ccccc3)n2)C=C1.